The lowest BCUT2D eigenvalue weighted by Gasteiger charge is -2.05. The minimum Gasteiger partial charge on any atom is -0.490 e. The molecule has 0 aliphatic carbocycles. The molecule has 1 aromatic heterocycles. The number of unbranched alkanes of at least 4 members (excludes halogenated alkanes) is 3. The van der Waals surface area contributed by atoms with Crippen molar-refractivity contribution in [2.75, 3.05) is 6.61 Å². The van der Waals surface area contributed by atoms with Crippen LogP contribution in [0.5, 0.6) is 5.75 Å². The van der Waals surface area contributed by atoms with E-state index in [2.05, 4.69) is 29.0 Å². The fraction of sp³-hybridized carbons (Fsp3) is 0.316. The van der Waals surface area contributed by atoms with Gasteiger partial charge in [0.1, 0.15) is 18.4 Å². The molecule has 4 heteroatoms. The number of hydrogen-bond donors (Lipinski definition) is 0. The predicted octanol–water partition coefficient (Wildman–Crippen LogP) is 4.53. The molecule has 0 amide bonds. The van der Waals surface area contributed by atoms with E-state index in [1.807, 2.05) is 30.3 Å². The molecule has 118 valence electrons. The molecule has 0 atom stereocenters. The van der Waals surface area contributed by atoms with Crippen molar-refractivity contribution in [3.8, 4) is 22.9 Å². The number of hydrogen-bond acceptors (Lipinski definition) is 4. The first-order chi connectivity index (χ1) is 11.3. The van der Waals surface area contributed by atoms with Crippen LogP contribution in [0, 0.1) is 11.3 Å². The second kappa shape index (κ2) is 9.37. The van der Waals surface area contributed by atoms with Crippen molar-refractivity contribution in [2.24, 2.45) is 0 Å². The smallest absolute Gasteiger partial charge is 0.232 e. The van der Waals surface area contributed by atoms with Crippen molar-refractivity contribution in [1.29, 1.82) is 5.26 Å². The van der Waals surface area contributed by atoms with Gasteiger partial charge in [-0.2, -0.15) is 5.26 Å². The Labute approximate surface area is 137 Å². The molecule has 0 N–H and O–H groups in total. The lowest BCUT2D eigenvalue weighted by Crippen LogP contribution is -1.93. The minimum atomic E-state index is 0.180. The largest absolute Gasteiger partial charge is 0.490 e. The molecule has 0 saturated carbocycles. The van der Waals surface area contributed by atoms with Gasteiger partial charge in [-0.15, -0.1) is 0 Å². The fourth-order valence-electron chi connectivity index (χ4n) is 2.12. The maximum absolute atomic E-state index is 8.70. The normalized spacial score (nSPS) is 10.6. The zero-order valence-electron chi connectivity index (χ0n) is 13.4. The molecular formula is C19H21N3O. The molecule has 0 unspecified atom stereocenters. The summed E-state index contributed by atoms with van der Waals surface area (Å²) in [5, 5.41) is 8.70. The van der Waals surface area contributed by atoms with Gasteiger partial charge < -0.3 is 4.74 Å². The molecule has 2 aromatic rings. The van der Waals surface area contributed by atoms with Crippen molar-refractivity contribution in [3.05, 3.63) is 54.6 Å². The van der Waals surface area contributed by atoms with Crippen molar-refractivity contribution >= 4 is 0 Å². The quantitative estimate of drug-likeness (QED) is 0.531. The number of aromatic nitrogens is 2. The van der Waals surface area contributed by atoms with Crippen LogP contribution < -0.4 is 4.74 Å². The molecule has 0 aliphatic heterocycles. The zero-order valence-corrected chi connectivity index (χ0v) is 13.4. The van der Waals surface area contributed by atoms with Gasteiger partial charge in [0.2, 0.25) is 5.82 Å². The standard InChI is InChI=1S/C19H21N3O/c1-2-3-4-5-6-7-12-23-18-10-8-16(9-11-18)17-14-21-19(13-20)22-15-17/h6-11,14-15H,2-5,12H2,1H3. The summed E-state index contributed by atoms with van der Waals surface area (Å²) in [5.41, 5.74) is 1.88. The summed E-state index contributed by atoms with van der Waals surface area (Å²) in [5.74, 6) is 1.01. The molecule has 0 aliphatic rings. The Bertz CT molecular complexity index is 655. The van der Waals surface area contributed by atoms with E-state index in [-0.39, 0.29) is 5.82 Å². The topological polar surface area (TPSA) is 58.8 Å². The van der Waals surface area contributed by atoms with Gasteiger partial charge in [-0.3, -0.25) is 0 Å². The third-order valence-electron chi connectivity index (χ3n) is 3.43. The van der Waals surface area contributed by atoms with Gasteiger partial charge in [0, 0.05) is 18.0 Å². The van der Waals surface area contributed by atoms with Crippen LogP contribution in [0.25, 0.3) is 11.1 Å². The predicted molar refractivity (Wildman–Crippen MR) is 91.0 cm³/mol. The highest BCUT2D eigenvalue weighted by atomic mass is 16.5. The van der Waals surface area contributed by atoms with Crippen molar-refractivity contribution < 1.29 is 4.74 Å². The van der Waals surface area contributed by atoms with Gasteiger partial charge in [-0.25, -0.2) is 9.97 Å². The molecule has 1 heterocycles. The number of nitrogens with zero attached hydrogens (tertiary/aromatic N) is 3. The second-order valence-electron chi connectivity index (χ2n) is 5.21. The minimum absolute atomic E-state index is 0.180. The van der Waals surface area contributed by atoms with Gasteiger partial charge in [-0.05, 0) is 30.5 Å². The summed E-state index contributed by atoms with van der Waals surface area (Å²) >= 11 is 0. The average Bonchev–Trinajstić information content (AvgIpc) is 2.61. The van der Waals surface area contributed by atoms with Crippen molar-refractivity contribution in [3.63, 3.8) is 0 Å². The highest BCUT2D eigenvalue weighted by Gasteiger charge is 2.00. The number of nitriles is 1. The molecule has 0 bridgehead atoms. The third-order valence-corrected chi connectivity index (χ3v) is 3.43. The third kappa shape index (κ3) is 5.55. The Morgan fingerprint density at radius 3 is 2.43 bits per heavy atom. The van der Waals surface area contributed by atoms with Crippen molar-refractivity contribution in [2.45, 2.75) is 32.6 Å². The van der Waals surface area contributed by atoms with Crippen LogP contribution in [0.3, 0.4) is 0 Å². The maximum atomic E-state index is 8.70. The zero-order chi connectivity index (χ0) is 16.3. The van der Waals surface area contributed by atoms with Gasteiger partial charge in [0.25, 0.3) is 0 Å². The van der Waals surface area contributed by atoms with E-state index in [1.165, 1.54) is 19.3 Å². The number of benzene rings is 1. The van der Waals surface area contributed by atoms with E-state index >= 15 is 0 Å². The van der Waals surface area contributed by atoms with Crippen LogP contribution in [0.1, 0.15) is 38.4 Å². The first-order valence-corrected chi connectivity index (χ1v) is 7.94. The van der Waals surface area contributed by atoms with E-state index in [0.717, 1.165) is 23.3 Å². The van der Waals surface area contributed by atoms with Crippen LogP contribution in [0.4, 0.5) is 0 Å². The second-order valence-corrected chi connectivity index (χ2v) is 5.21. The van der Waals surface area contributed by atoms with E-state index in [4.69, 9.17) is 10.00 Å². The van der Waals surface area contributed by atoms with Crippen LogP contribution in [0.15, 0.2) is 48.8 Å². The number of allylic oxidation sites excluding steroid dienone is 1. The molecule has 1 aromatic carbocycles. The van der Waals surface area contributed by atoms with E-state index in [0.29, 0.717) is 6.61 Å². The van der Waals surface area contributed by atoms with Crippen LogP contribution in [-0.2, 0) is 0 Å². The fourth-order valence-corrected chi connectivity index (χ4v) is 2.12. The van der Waals surface area contributed by atoms with Crippen molar-refractivity contribution in [1.82, 2.24) is 9.97 Å². The molecule has 0 radical (unpaired) electrons. The maximum Gasteiger partial charge on any atom is 0.232 e. The molecule has 2 rings (SSSR count). The monoisotopic (exact) mass is 307 g/mol. The first kappa shape index (κ1) is 16.7. The highest BCUT2D eigenvalue weighted by Crippen LogP contribution is 2.21. The number of ether oxygens (including phenoxy) is 1. The van der Waals surface area contributed by atoms with E-state index in [9.17, 15) is 0 Å². The lowest BCUT2D eigenvalue weighted by molar-refractivity contribution is 0.362. The molecular weight excluding hydrogens is 286 g/mol. The number of rotatable bonds is 8. The Morgan fingerprint density at radius 1 is 1.04 bits per heavy atom. The molecule has 0 saturated heterocycles. The summed E-state index contributed by atoms with van der Waals surface area (Å²) < 4.78 is 5.68. The molecule has 0 spiro atoms. The van der Waals surface area contributed by atoms with Crippen LogP contribution >= 0.6 is 0 Å². The van der Waals surface area contributed by atoms with Gasteiger partial charge in [-0.1, -0.05) is 44.1 Å². The van der Waals surface area contributed by atoms with E-state index in [1.54, 1.807) is 12.4 Å². The summed E-state index contributed by atoms with van der Waals surface area (Å²) in [6.07, 6.45) is 12.5. The van der Waals surface area contributed by atoms with Crippen LogP contribution in [-0.4, -0.2) is 16.6 Å². The average molecular weight is 307 g/mol. The van der Waals surface area contributed by atoms with E-state index < -0.39 is 0 Å². The van der Waals surface area contributed by atoms with Gasteiger partial charge in [0.15, 0.2) is 0 Å². The first-order valence-electron chi connectivity index (χ1n) is 7.94. The highest BCUT2D eigenvalue weighted by molar-refractivity contribution is 5.62. The summed E-state index contributed by atoms with van der Waals surface area (Å²) in [6, 6.07) is 9.70. The Kier molecular flexibility index (Phi) is 6.80. The summed E-state index contributed by atoms with van der Waals surface area (Å²) in [7, 11) is 0. The Balaban J connectivity index is 1.83. The van der Waals surface area contributed by atoms with Gasteiger partial charge >= 0.3 is 0 Å². The lowest BCUT2D eigenvalue weighted by atomic mass is 10.1. The molecule has 23 heavy (non-hydrogen) atoms. The SMILES string of the molecule is CCCCCC=CCOc1ccc(-c2cnc(C#N)nc2)cc1. The Hall–Kier alpha value is -2.67. The van der Waals surface area contributed by atoms with Crippen LogP contribution in [0.2, 0.25) is 0 Å². The molecule has 4 nitrogen and oxygen atoms in total. The summed E-state index contributed by atoms with van der Waals surface area (Å²) in [6.45, 7) is 2.80. The summed E-state index contributed by atoms with van der Waals surface area (Å²) in [4.78, 5) is 7.95. The Morgan fingerprint density at radius 2 is 1.78 bits per heavy atom. The van der Waals surface area contributed by atoms with Gasteiger partial charge in [0.05, 0.1) is 0 Å². The molecule has 0 fully saturated rings.